The van der Waals surface area contributed by atoms with Crippen molar-refractivity contribution < 1.29 is 13.2 Å². The van der Waals surface area contributed by atoms with E-state index in [0.29, 0.717) is 42.6 Å². The molecule has 1 saturated heterocycles. The van der Waals surface area contributed by atoms with Crippen molar-refractivity contribution in [3.8, 4) is 17.5 Å². The van der Waals surface area contributed by atoms with E-state index in [0.717, 1.165) is 10.9 Å². The van der Waals surface area contributed by atoms with E-state index in [-0.39, 0.29) is 22.4 Å². The van der Waals surface area contributed by atoms with E-state index in [9.17, 15) is 18.5 Å². The van der Waals surface area contributed by atoms with Gasteiger partial charge in [0.05, 0.1) is 34.1 Å². The Balaban J connectivity index is 1.49. The zero-order valence-corrected chi connectivity index (χ0v) is 19.1. The summed E-state index contributed by atoms with van der Waals surface area (Å²) in [5, 5.41) is 14.1. The maximum absolute atomic E-state index is 12.7. The van der Waals surface area contributed by atoms with E-state index >= 15 is 0 Å². The summed E-state index contributed by atoms with van der Waals surface area (Å²) in [6.45, 7) is 1.29. The van der Waals surface area contributed by atoms with Gasteiger partial charge in [-0.2, -0.15) is 9.94 Å². The lowest BCUT2D eigenvalue weighted by molar-refractivity contribution is 0.168. The third-order valence-corrected chi connectivity index (χ3v) is 6.46. The van der Waals surface area contributed by atoms with Gasteiger partial charge in [-0.25, -0.2) is 18.4 Å². The second-order valence-corrected chi connectivity index (χ2v) is 9.94. The Morgan fingerprint density at radius 2 is 1.79 bits per heavy atom. The van der Waals surface area contributed by atoms with E-state index < -0.39 is 15.4 Å². The number of sulfone groups is 1. The van der Waals surface area contributed by atoms with Gasteiger partial charge in [-0.05, 0) is 24.3 Å². The third-order valence-electron chi connectivity index (χ3n) is 5.14. The molecule has 2 aromatic heterocycles. The topological polar surface area (TPSA) is 131 Å². The molecule has 3 aromatic rings. The van der Waals surface area contributed by atoms with E-state index in [2.05, 4.69) is 15.1 Å². The smallest absolute Gasteiger partial charge is 0.275 e. The van der Waals surface area contributed by atoms with Gasteiger partial charge in [-0.15, -0.1) is 5.10 Å². The molecule has 0 atom stereocenters. The van der Waals surface area contributed by atoms with Gasteiger partial charge in [0, 0.05) is 32.2 Å². The molecule has 0 amide bonds. The monoisotopic (exact) mass is 486 g/mol. The number of hydrogen-bond donors (Lipinski definition) is 0. The van der Waals surface area contributed by atoms with Crippen molar-refractivity contribution in [2.75, 3.05) is 24.2 Å². The minimum Gasteiger partial charge on any atom is -0.487 e. The van der Waals surface area contributed by atoms with Crippen molar-refractivity contribution in [1.82, 2.24) is 19.7 Å². The highest BCUT2D eigenvalue weighted by Crippen LogP contribution is 2.23. The average molecular weight is 487 g/mol. The summed E-state index contributed by atoms with van der Waals surface area (Å²) in [7, 11) is -3.37. The second kappa shape index (κ2) is 9.17. The number of hydrogen-bond acceptors (Lipinski definition) is 9. The Hall–Kier alpha value is -3.49. The van der Waals surface area contributed by atoms with Crippen LogP contribution in [0.3, 0.4) is 0 Å². The summed E-state index contributed by atoms with van der Waals surface area (Å²) in [5.41, 5.74) is -0.194. The number of rotatable bonds is 5. The second-order valence-electron chi connectivity index (χ2n) is 7.49. The van der Waals surface area contributed by atoms with Crippen LogP contribution in [-0.4, -0.2) is 53.6 Å². The van der Waals surface area contributed by atoms with Gasteiger partial charge in [0.2, 0.25) is 11.6 Å². The van der Waals surface area contributed by atoms with Crippen molar-refractivity contribution in [3.05, 3.63) is 63.8 Å². The van der Waals surface area contributed by atoms with Gasteiger partial charge in [0.1, 0.15) is 12.2 Å². The van der Waals surface area contributed by atoms with Crippen LogP contribution in [0.5, 0.6) is 5.75 Å². The number of benzene rings is 1. The first kappa shape index (κ1) is 22.7. The molecule has 0 N–H and O–H groups in total. The molecule has 33 heavy (non-hydrogen) atoms. The predicted molar refractivity (Wildman–Crippen MR) is 121 cm³/mol. The van der Waals surface area contributed by atoms with Gasteiger partial charge in [-0.3, -0.25) is 4.79 Å². The first-order valence-corrected chi connectivity index (χ1v) is 12.3. The molecule has 0 spiro atoms. The summed E-state index contributed by atoms with van der Waals surface area (Å²) in [6, 6.07) is 8.87. The van der Waals surface area contributed by atoms with Crippen molar-refractivity contribution in [2.24, 2.45) is 0 Å². The van der Waals surface area contributed by atoms with Crippen molar-refractivity contribution in [3.63, 3.8) is 0 Å². The largest absolute Gasteiger partial charge is 0.487 e. The molecule has 4 rings (SSSR count). The fraction of sp³-hybridized carbons (Fsp3) is 0.286. The Morgan fingerprint density at radius 3 is 2.36 bits per heavy atom. The first-order valence-electron chi connectivity index (χ1n) is 9.99. The van der Waals surface area contributed by atoms with E-state index in [1.165, 1.54) is 30.3 Å². The highest BCUT2D eigenvalue weighted by atomic mass is 35.5. The van der Waals surface area contributed by atoms with Crippen LogP contribution in [0.2, 0.25) is 5.02 Å². The minimum absolute atomic E-state index is 0.0368. The molecule has 1 aliphatic rings. The molecular formula is C21H19ClN6O4S. The number of ether oxygens (including phenoxy) is 1. The van der Waals surface area contributed by atoms with Crippen molar-refractivity contribution >= 4 is 27.4 Å². The molecule has 1 aliphatic heterocycles. The Bertz CT molecular complexity index is 1360. The van der Waals surface area contributed by atoms with Crippen LogP contribution in [0.15, 0.2) is 52.4 Å². The molecule has 0 aliphatic carbocycles. The van der Waals surface area contributed by atoms with Crippen LogP contribution in [0.25, 0.3) is 5.69 Å². The molecule has 0 unspecified atom stereocenters. The number of nitrogens with zero attached hydrogens (tertiary/aromatic N) is 6. The SMILES string of the molecule is CS(=O)(=O)c1ccc(-n2nc(C#N)c(OC3CCN(c4ncc(Cl)cn4)CC3)cc2=O)cc1. The number of nitriles is 1. The van der Waals surface area contributed by atoms with Gasteiger partial charge in [0.25, 0.3) is 5.56 Å². The fourth-order valence-electron chi connectivity index (χ4n) is 3.45. The van der Waals surface area contributed by atoms with Crippen LogP contribution in [0, 0.1) is 11.3 Å². The van der Waals surface area contributed by atoms with E-state index in [1.54, 1.807) is 12.4 Å². The molecule has 170 valence electrons. The number of piperidine rings is 1. The van der Waals surface area contributed by atoms with Gasteiger partial charge < -0.3 is 9.64 Å². The minimum atomic E-state index is -3.37. The molecule has 0 bridgehead atoms. The zero-order valence-electron chi connectivity index (χ0n) is 17.5. The molecule has 3 heterocycles. The molecule has 0 saturated carbocycles. The zero-order chi connectivity index (χ0) is 23.6. The molecule has 12 heteroatoms. The molecular weight excluding hydrogens is 468 g/mol. The molecule has 0 radical (unpaired) electrons. The van der Waals surface area contributed by atoms with Crippen LogP contribution in [-0.2, 0) is 9.84 Å². The predicted octanol–water partition coefficient (Wildman–Crippen LogP) is 2.00. The lowest BCUT2D eigenvalue weighted by atomic mass is 10.1. The van der Waals surface area contributed by atoms with Crippen molar-refractivity contribution in [2.45, 2.75) is 23.8 Å². The third kappa shape index (κ3) is 5.13. The van der Waals surface area contributed by atoms with Crippen LogP contribution < -0.4 is 15.2 Å². The summed E-state index contributed by atoms with van der Waals surface area (Å²) in [4.78, 5) is 23.2. The normalized spacial score (nSPS) is 14.6. The standard InChI is InChI=1S/C21H19ClN6O4S/c1-33(30,31)17-4-2-15(3-5-17)28-20(29)10-19(18(11-23)26-28)32-16-6-8-27(9-7-16)21-24-12-14(22)13-25-21/h2-5,10,12-13,16H,6-9H2,1H3. The van der Waals surface area contributed by atoms with Gasteiger partial charge in [-0.1, -0.05) is 11.6 Å². The van der Waals surface area contributed by atoms with E-state index in [1.807, 2.05) is 11.0 Å². The summed E-state index contributed by atoms with van der Waals surface area (Å²) in [6.07, 6.45) is 5.27. The Morgan fingerprint density at radius 1 is 1.15 bits per heavy atom. The molecule has 1 fully saturated rings. The van der Waals surface area contributed by atoms with Crippen LogP contribution in [0.4, 0.5) is 5.95 Å². The number of halogens is 1. The highest BCUT2D eigenvalue weighted by Gasteiger charge is 2.24. The van der Waals surface area contributed by atoms with Crippen LogP contribution in [0.1, 0.15) is 18.5 Å². The fourth-order valence-corrected chi connectivity index (χ4v) is 4.18. The molecule has 10 nitrogen and oxygen atoms in total. The Labute approximate surface area is 195 Å². The lowest BCUT2D eigenvalue weighted by Crippen LogP contribution is -2.39. The average Bonchev–Trinajstić information content (AvgIpc) is 2.80. The number of aromatic nitrogens is 4. The summed E-state index contributed by atoms with van der Waals surface area (Å²) < 4.78 is 30.3. The van der Waals surface area contributed by atoms with Crippen molar-refractivity contribution in [1.29, 1.82) is 5.26 Å². The van der Waals surface area contributed by atoms with Gasteiger partial charge >= 0.3 is 0 Å². The molecule has 1 aromatic carbocycles. The maximum atomic E-state index is 12.7. The maximum Gasteiger partial charge on any atom is 0.275 e. The summed E-state index contributed by atoms with van der Waals surface area (Å²) >= 11 is 5.83. The first-order chi connectivity index (χ1) is 15.7. The lowest BCUT2D eigenvalue weighted by Gasteiger charge is -2.32. The van der Waals surface area contributed by atoms with Gasteiger partial charge in [0.15, 0.2) is 15.6 Å². The summed E-state index contributed by atoms with van der Waals surface area (Å²) in [5.74, 6) is 0.703. The Kier molecular flexibility index (Phi) is 6.31. The quantitative estimate of drug-likeness (QED) is 0.531. The number of anilines is 1. The highest BCUT2D eigenvalue weighted by molar-refractivity contribution is 7.90. The van der Waals surface area contributed by atoms with E-state index in [4.69, 9.17) is 16.3 Å². The van der Waals surface area contributed by atoms with Crippen LogP contribution >= 0.6 is 11.6 Å².